The van der Waals surface area contributed by atoms with Crippen molar-refractivity contribution in [2.24, 2.45) is 5.41 Å². The first-order valence-electron chi connectivity index (χ1n) is 7.05. The number of halogens is 1. The predicted octanol–water partition coefficient (Wildman–Crippen LogP) is 5.04. The highest BCUT2D eigenvalue weighted by Gasteiger charge is 2.32. The van der Waals surface area contributed by atoms with E-state index in [1.807, 2.05) is 13.0 Å². The second-order valence-corrected chi connectivity index (χ2v) is 6.64. The van der Waals surface area contributed by atoms with Crippen molar-refractivity contribution in [2.75, 3.05) is 12.4 Å². The summed E-state index contributed by atoms with van der Waals surface area (Å²) in [4.78, 5) is 0. The van der Waals surface area contributed by atoms with Gasteiger partial charge in [0.1, 0.15) is 5.75 Å². The van der Waals surface area contributed by atoms with Crippen LogP contribution in [0.4, 0.5) is 5.69 Å². The number of ether oxygens (including phenoxy) is 1. The molecule has 0 bridgehead atoms. The average Bonchev–Trinajstić information content (AvgIpc) is 2.35. The second-order valence-electron chi connectivity index (χ2n) is 6.23. The highest BCUT2D eigenvalue weighted by Crippen LogP contribution is 2.39. The second kappa shape index (κ2) is 5.62. The Morgan fingerprint density at radius 2 is 2.05 bits per heavy atom. The van der Waals surface area contributed by atoms with Crippen molar-refractivity contribution >= 4 is 17.3 Å². The summed E-state index contributed by atoms with van der Waals surface area (Å²) in [6.07, 6.45) is 5.13. The summed E-state index contributed by atoms with van der Waals surface area (Å²) >= 11 is 6.16. The minimum absolute atomic E-state index is 0.330. The van der Waals surface area contributed by atoms with Crippen molar-refractivity contribution < 1.29 is 4.74 Å². The van der Waals surface area contributed by atoms with Crippen molar-refractivity contribution in [3.8, 4) is 5.75 Å². The third-order valence-corrected chi connectivity index (χ3v) is 4.72. The fraction of sp³-hybridized carbons (Fsp3) is 0.625. The van der Waals surface area contributed by atoms with Gasteiger partial charge in [-0.25, -0.2) is 0 Å². The van der Waals surface area contributed by atoms with Crippen molar-refractivity contribution in [2.45, 2.75) is 52.5 Å². The molecule has 1 fully saturated rings. The zero-order valence-electron chi connectivity index (χ0n) is 12.3. The molecule has 0 radical (unpaired) electrons. The first-order chi connectivity index (χ1) is 8.94. The zero-order valence-corrected chi connectivity index (χ0v) is 13.1. The number of nitrogens with one attached hydrogen (secondary N) is 1. The van der Waals surface area contributed by atoms with Crippen LogP contribution in [0.25, 0.3) is 0 Å². The highest BCUT2D eigenvalue weighted by molar-refractivity contribution is 6.31. The van der Waals surface area contributed by atoms with Gasteiger partial charge in [0.05, 0.1) is 12.8 Å². The molecule has 0 spiro atoms. The van der Waals surface area contributed by atoms with Crippen LogP contribution in [-0.2, 0) is 0 Å². The van der Waals surface area contributed by atoms with Crippen LogP contribution in [0.1, 0.15) is 45.1 Å². The molecule has 1 aliphatic rings. The fourth-order valence-corrected chi connectivity index (χ4v) is 3.05. The van der Waals surface area contributed by atoms with Gasteiger partial charge in [0.2, 0.25) is 0 Å². The Kier molecular flexibility index (Phi) is 4.29. The third-order valence-electron chi connectivity index (χ3n) is 4.32. The average molecular weight is 282 g/mol. The summed E-state index contributed by atoms with van der Waals surface area (Å²) < 4.78 is 5.44. The van der Waals surface area contributed by atoms with Gasteiger partial charge >= 0.3 is 0 Å². The summed E-state index contributed by atoms with van der Waals surface area (Å²) in [6, 6.07) is 4.48. The molecule has 1 atom stereocenters. The minimum Gasteiger partial charge on any atom is -0.495 e. The molecule has 1 aliphatic carbocycles. The van der Waals surface area contributed by atoms with Gasteiger partial charge in [-0.2, -0.15) is 0 Å². The fourth-order valence-electron chi connectivity index (χ4n) is 2.89. The number of anilines is 1. The molecule has 19 heavy (non-hydrogen) atoms. The largest absolute Gasteiger partial charge is 0.495 e. The Morgan fingerprint density at radius 1 is 1.32 bits per heavy atom. The van der Waals surface area contributed by atoms with Crippen LogP contribution < -0.4 is 10.1 Å². The van der Waals surface area contributed by atoms with E-state index >= 15 is 0 Å². The Hall–Kier alpha value is -0.890. The Balaban J connectivity index is 2.25. The van der Waals surface area contributed by atoms with Crippen LogP contribution in [0.3, 0.4) is 0 Å². The summed E-state index contributed by atoms with van der Waals surface area (Å²) in [5, 5.41) is 4.43. The van der Waals surface area contributed by atoms with E-state index in [0.717, 1.165) is 22.0 Å². The van der Waals surface area contributed by atoms with Crippen LogP contribution in [0.15, 0.2) is 12.1 Å². The summed E-state index contributed by atoms with van der Waals surface area (Å²) in [6.45, 7) is 6.72. The van der Waals surface area contributed by atoms with E-state index in [1.165, 1.54) is 25.7 Å². The molecule has 0 aliphatic heterocycles. The van der Waals surface area contributed by atoms with E-state index in [-0.39, 0.29) is 0 Å². The molecule has 0 amide bonds. The van der Waals surface area contributed by atoms with Crippen molar-refractivity contribution in [3.63, 3.8) is 0 Å². The number of methoxy groups -OCH3 is 1. The van der Waals surface area contributed by atoms with E-state index in [0.29, 0.717) is 11.5 Å². The molecule has 1 aromatic carbocycles. The predicted molar refractivity (Wildman–Crippen MR) is 82.4 cm³/mol. The molecule has 0 aromatic heterocycles. The lowest BCUT2D eigenvalue weighted by Gasteiger charge is -2.40. The lowest BCUT2D eigenvalue weighted by molar-refractivity contribution is 0.216. The molecular formula is C16H24ClNO. The molecule has 1 unspecified atom stereocenters. The summed E-state index contributed by atoms with van der Waals surface area (Å²) in [7, 11) is 1.69. The molecule has 3 heteroatoms. The molecule has 2 rings (SSSR count). The lowest BCUT2D eigenvalue weighted by Crippen LogP contribution is -2.39. The molecule has 1 saturated carbocycles. The maximum atomic E-state index is 6.16. The van der Waals surface area contributed by atoms with Crippen LogP contribution in [0.2, 0.25) is 5.02 Å². The quantitative estimate of drug-likeness (QED) is 0.838. The van der Waals surface area contributed by atoms with Gasteiger partial charge in [0.25, 0.3) is 0 Å². The number of hydrogen-bond donors (Lipinski definition) is 1. The lowest BCUT2D eigenvalue weighted by atomic mass is 9.73. The first-order valence-corrected chi connectivity index (χ1v) is 7.42. The summed E-state index contributed by atoms with van der Waals surface area (Å²) in [5.74, 6) is 0.831. The molecule has 1 N–H and O–H groups in total. The monoisotopic (exact) mass is 281 g/mol. The molecule has 106 valence electrons. The standard InChI is InChI=1S/C16H24ClNO/c1-11-9-13(14(19-4)10-12(11)17)18-15-7-5-6-8-16(15,2)3/h9-10,15,18H,5-8H2,1-4H3. The van der Waals surface area contributed by atoms with Crippen molar-refractivity contribution in [1.82, 2.24) is 0 Å². The zero-order chi connectivity index (χ0) is 14.0. The Morgan fingerprint density at radius 3 is 2.68 bits per heavy atom. The topological polar surface area (TPSA) is 21.3 Å². The van der Waals surface area contributed by atoms with Crippen LogP contribution in [0, 0.1) is 12.3 Å². The third kappa shape index (κ3) is 3.17. The molecular weight excluding hydrogens is 258 g/mol. The maximum Gasteiger partial charge on any atom is 0.143 e. The van der Waals surface area contributed by atoms with Gasteiger partial charge in [-0.15, -0.1) is 0 Å². The Bertz CT molecular complexity index is 456. The minimum atomic E-state index is 0.330. The van der Waals surface area contributed by atoms with E-state index < -0.39 is 0 Å². The van der Waals surface area contributed by atoms with Crippen molar-refractivity contribution in [3.05, 3.63) is 22.7 Å². The van der Waals surface area contributed by atoms with Crippen LogP contribution in [0.5, 0.6) is 5.75 Å². The van der Waals surface area contributed by atoms with E-state index in [1.54, 1.807) is 7.11 Å². The Labute approximate surface area is 121 Å². The highest BCUT2D eigenvalue weighted by atomic mass is 35.5. The summed E-state index contributed by atoms with van der Waals surface area (Å²) in [5.41, 5.74) is 2.47. The van der Waals surface area contributed by atoms with Gasteiger partial charge in [-0.1, -0.05) is 38.3 Å². The van der Waals surface area contributed by atoms with Gasteiger partial charge in [0.15, 0.2) is 0 Å². The van der Waals surface area contributed by atoms with Gasteiger partial charge < -0.3 is 10.1 Å². The van der Waals surface area contributed by atoms with Crippen LogP contribution in [-0.4, -0.2) is 13.2 Å². The molecule has 0 heterocycles. The van der Waals surface area contributed by atoms with E-state index in [9.17, 15) is 0 Å². The number of aryl methyl sites for hydroxylation is 1. The molecule has 1 aromatic rings. The SMILES string of the molecule is COc1cc(Cl)c(C)cc1NC1CCCCC1(C)C. The smallest absolute Gasteiger partial charge is 0.143 e. The number of benzene rings is 1. The van der Waals surface area contributed by atoms with E-state index in [4.69, 9.17) is 16.3 Å². The molecule has 2 nitrogen and oxygen atoms in total. The van der Waals surface area contributed by atoms with Gasteiger partial charge in [-0.05, 0) is 36.8 Å². The van der Waals surface area contributed by atoms with Crippen molar-refractivity contribution in [1.29, 1.82) is 0 Å². The van der Waals surface area contributed by atoms with Gasteiger partial charge in [-0.3, -0.25) is 0 Å². The molecule has 0 saturated heterocycles. The van der Waals surface area contributed by atoms with Gasteiger partial charge in [0, 0.05) is 17.1 Å². The van der Waals surface area contributed by atoms with E-state index in [2.05, 4.69) is 25.2 Å². The maximum absolute atomic E-state index is 6.16. The number of rotatable bonds is 3. The number of hydrogen-bond acceptors (Lipinski definition) is 2. The first kappa shape index (κ1) is 14.5. The normalized spacial score (nSPS) is 22.1. The van der Waals surface area contributed by atoms with Crippen LogP contribution >= 0.6 is 11.6 Å².